The van der Waals surface area contributed by atoms with E-state index in [-0.39, 0.29) is 9.34 Å². The fraction of sp³-hybridized carbons (Fsp3) is 0.300. The highest BCUT2D eigenvalue weighted by atomic mass is 32.2. The Kier molecular flexibility index (Phi) is 3.71. The Balaban J connectivity index is 2.28. The average Bonchev–Trinajstić information content (AvgIpc) is 2.88. The van der Waals surface area contributed by atoms with Crippen molar-refractivity contribution in [1.29, 1.82) is 0 Å². The lowest BCUT2D eigenvalue weighted by atomic mass is 10.3. The van der Waals surface area contributed by atoms with Crippen molar-refractivity contribution in [3.63, 3.8) is 0 Å². The summed E-state index contributed by atoms with van der Waals surface area (Å²) in [4.78, 5) is 3.95. The number of thiophene rings is 1. The number of anilines is 1. The Morgan fingerprint density at radius 3 is 2.72 bits per heavy atom. The predicted molar refractivity (Wildman–Crippen MR) is 74.2 cm³/mol. The van der Waals surface area contributed by atoms with Gasteiger partial charge in [0.15, 0.2) is 9.34 Å². The van der Waals surface area contributed by atoms with Gasteiger partial charge in [-0.05, 0) is 29.3 Å². The second kappa shape index (κ2) is 4.96. The highest BCUT2D eigenvalue weighted by molar-refractivity contribution is 7.91. The third kappa shape index (κ3) is 2.56. The molecule has 0 saturated heterocycles. The molecule has 0 aliphatic rings. The van der Waals surface area contributed by atoms with Gasteiger partial charge in [0.05, 0.1) is 5.69 Å². The van der Waals surface area contributed by atoms with Crippen molar-refractivity contribution in [3.05, 3.63) is 28.1 Å². The normalized spacial score (nSPS) is 12.2. The zero-order valence-electron chi connectivity index (χ0n) is 9.95. The first-order valence-electron chi connectivity index (χ1n) is 5.11. The van der Waals surface area contributed by atoms with E-state index in [0.717, 1.165) is 16.9 Å². The van der Waals surface area contributed by atoms with Crippen LogP contribution in [0, 0.1) is 6.92 Å². The second-order valence-electron chi connectivity index (χ2n) is 3.82. The third-order valence-corrected chi connectivity index (χ3v) is 6.51. The van der Waals surface area contributed by atoms with Crippen LogP contribution in [0.3, 0.4) is 0 Å². The molecule has 0 radical (unpaired) electrons. The summed E-state index contributed by atoms with van der Waals surface area (Å²) in [5, 5.41) is 4.13. The standard InChI is InChI=1S/C10H13N3O2S3/c1-7-9(17-10(11)12-7)18(14,15)13(2)5-8-3-4-16-6-8/h3-4,6H,5H2,1-2H3,(H2,11,12). The summed E-state index contributed by atoms with van der Waals surface area (Å²) in [6, 6.07) is 1.91. The van der Waals surface area contributed by atoms with E-state index >= 15 is 0 Å². The van der Waals surface area contributed by atoms with E-state index in [9.17, 15) is 8.42 Å². The van der Waals surface area contributed by atoms with Crippen LogP contribution in [0.5, 0.6) is 0 Å². The SMILES string of the molecule is Cc1nc(N)sc1S(=O)(=O)N(C)Cc1ccsc1. The van der Waals surface area contributed by atoms with E-state index in [1.54, 1.807) is 25.3 Å². The van der Waals surface area contributed by atoms with Crippen LogP contribution in [0.15, 0.2) is 21.0 Å². The van der Waals surface area contributed by atoms with Gasteiger partial charge in [-0.3, -0.25) is 0 Å². The monoisotopic (exact) mass is 303 g/mol. The molecule has 0 fully saturated rings. The molecule has 2 rings (SSSR count). The third-order valence-electron chi connectivity index (χ3n) is 2.40. The summed E-state index contributed by atoms with van der Waals surface area (Å²) in [6.45, 7) is 2.00. The van der Waals surface area contributed by atoms with Gasteiger partial charge in [-0.1, -0.05) is 11.3 Å². The molecule has 0 aliphatic carbocycles. The molecule has 0 aromatic carbocycles. The summed E-state index contributed by atoms with van der Waals surface area (Å²) in [6.07, 6.45) is 0. The Morgan fingerprint density at radius 2 is 2.22 bits per heavy atom. The van der Waals surface area contributed by atoms with Crippen LogP contribution in [-0.4, -0.2) is 24.8 Å². The number of thiazole rings is 1. The minimum atomic E-state index is -3.51. The maximum Gasteiger partial charge on any atom is 0.254 e. The number of nitrogen functional groups attached to an aromatic ring is 1. The summed E-state index contributed by atoms with van der Waals surface area (Å²) < 4.78 is 26.2. The Morgan fingerprint density at radius 1 is 1.50 bits per heavy atom. The topological polar surface area (TPSA) is 76.3 Å². The van der Waals surface area contributed by atoms with E-state index in [4.69, 9.17) is 5.73 Å². The molecule has 2 N–H and O–H groups in total. The summed E-state index contributed by atoms with van der Waals surface area (Å²) in [7, 11) is -1.95. The highest BCUT2D eigenvalue weighted by Crippen LogP contribution is 2.28. The number of sulfonamides is 1. The highest BCUT2D eigenvalue weighted by Gasteiger charge is 2.26. The summed E-state index contributed by atoms with van der Waals surface area (Å²) in [5.41, 5.74) is 6.97. The number of nitrogens with zero attached hydrogens (tertiary/aromatic N) is 2. The molecule has 0 unspecified atom stereocenters. The van der Waals surface area contributed by atoms with Crippen LogP contribution in [0.1, 0.15) is 11.3 Å². The fourth-order valence-electron chi connectivity index (χ4n) is 1.51. The Hall–Kier alpha value is -0.960. The van der Waals surface area contributed by atoms with Crippen LogP contribution in [0.2, 0.25) is 0 Å². The molecule has 5 nitrogen and oxygen atoms in total. The van der Waals surface area contributed by atoms with Crippen molar-refractivity contribution in [1.82, 2.24) is 9.29 Å². The van der Waals surface area contributed by atoms with Crippen molar-refractivity contribution < 1.29 is 8.42 Å². The van der Waals surface area contributed by atoms with Crippen LogP contribution in [0.4, 0.5) is 5.13 Å². The van der Waals surface area contributed by atoms with E-state index < -0.39 is 10.0 Å². The van der Waals surface area contributed by atoms with Crippen molar-refractivity contribution >= 4 is 37.8 Å². The molecule has 0 amide bonds. The molecule has 0 bridgehead atoms. The molecule has 0 saturated carbocycles. The zero-order chi connectivity index (χ0) is 13.3. The van der Waals surface area contributed by atoms with Gasteiger partial charge >= 0.3 is 0 Å². The number of aryl methyl sites for hydroxylation is 1. The van der Waals surface area contributed by atoms with Crippen LogP contribution < -0.4 is 5.73 Å². The molecule has 98 valence electrons. The smallest absolute Gasteiger partial charge is 0.254 e. The molecule has 0 aliphatic heterocycles. The van der Waals surface area contributed by atoms with Crippen LogP contribution >= 0.6 is 22.7 Å². The molecule has 2 aromatic heterocycles. The van der Waals surface area contributed by atoms with Gasteiger partial charge in [-0.15, -0.1) is 0 Å². The minimum absolute atomic E-state index is 0.220. The van der Waals surface area contributed by atoms with Crippen molar-refractivity contribution in [2.75, 3.05) is 12.8 Å². The van der Waals surface area contributed by atoms with Gasteiger partial charge in [-0.25, -0.2) is 13.4 Å². The van der Waals surface area contributed by atoms with Gasteiger partial charge in [0.1, 0.15) is 0 Å². The maximum atomic E-state index is 12.3. The van der Waals surface area contributed by atoms with Gasteiger partial charge in [0.25, 0.3) is 10.0 Å². The van der Waals surface area contributed by atoms with E-state index in [1.807, 2.05) is 16.8 Å². The van der Waals surface area contributed by atoms with E-state index in [2.05, 4.69) is 4.98 Å². The number of rotatable bonds is 4. The molecular weight excluding hydrogens is 290 g/mol. The van der Waals surface area contributed by atoms with Gasteiger partial charge < -0.3 is 5.73 Å². The summed E-state index contributed by atoms with van der Waals surface area (Å²) >= 11 is 2.55. The first-order chi connectivity index (χ1) is 8.41. The fourth-order valence-corrected chi connectivity index (χ4v) is 4.81. The summed E-state index contributed by atoms with van der Waals surface area (Å²) in [5.74, 6) is 0. The predicted octanol–water partition coefficient (Wildman–Crippen LogP) is 1.92. The van der Waals surface area contributed by atoms with E-state index in [0.29, 0.717) is 12.2 Å². The molecule has 2 aromatic rings. The molecular formula is C10H13N3O2S3. The number of aromatic nitrogens is 1. The van der Waals surface area contributed by atoms with Gasteiger partial charge in [0.2, 0.25) is 0 Å². The van der Waals surface area contributed by atoms with Gasteiger partial charge in [-0.2, -0.15) is 15.6 Å². The quantitative estimate of drug-likeness (QED) is 0.936. The lowest BCUT2D eigenvalue weighted by Gasteiger charge is -2.15. The van der Waals surface area contributed by atoms with Crippen molar-refractivity contribution in [2.24, 2.45) is 0 Å². The van der Waals surface area contributed by atoms with Crippen LogP contribution in [-0.2, 0) is 16.6 Å². The van der Waals surface area contributed by atoms with Crippen molar-refractivity contribution in [3.8, 4) is 0 Å². The molecule has 0 spiro atoms. The molecule has 18 heavy (non-hydrogen) atoms. The first kappa shape index (κ1) is 13.5. The Bertz CT molecular complexity index is 631. The first-order valence-corrected chi connectivity index (χ1v) is 8.31. The Labute approximate surface area is 114 Å². The average molecular weight is 303 g/mol. The number of nitrogens with two attached hydrogens (primary N) is 1. The molecule has 2 heterocycles. The van der Waals surface area contributed by atoms with Crippen LogP contribution in [0.25, 0.3) is 0 Å². The second-order valence-corrected chi connectivity index (χ2v) is 7.87. The largest absolute Gasteiger partial charge is 0.375 e. The lowest BCUT2D eigenvalue weighted by Crippen LogP contribution is -2.26. The molecule has 0 atom stereocenters. The van der Waals surface area contributed by atoms with Gasteiger partial charge in [0, 0.05) is 13.6 Å². The van der Waals surface area contributed by atoms with Crippen molar-refractivity contribution in [2.45, 2.75) is 17.7 Å². The van der Waals surface area contributed by atoms with E-state index in [1.165, 1.54) is 4.31 Å². The lowest BCUT2D eigenvalue weighted by molar-refractivity contribution is 0.468. The molecule has 8 heteroatoms. The number of hydrogen-bond acceptors (Lipinski definition) is 6. The maximum absolute atomic E-state index is 12.3. The zero-order valence-corrected chi connectivity index (χ0v) is 12.4. The number of hydrogen-bond donors (Lipinski definition) is 1. The minimum Gasteiger partial charge on any atom is -0.375 e.